The minimum absolute atomic E-state index is 0.0538. The maximum absolute atomic E-state index is 13.1. The van der Waals surface area contributed by atoms with Crippen molar-refractivity contribution in [3.8, 4) is 0 Å². The van der Waals surface area contributed by atoms with Gasteiger partial charge in [-0.2, -0.15) is 5.10 Å². The van der Waals surface area contributed by atoms with Crippen molar-refractivity contribution in [1.82, 2.24) is 10.7 Å². The first-order valence-corrected chi connectivity index (χ1v) is 7.81. The van der Waals surface area contributed by atoms with Crippen molar-refractivity contribution in [1.29, 1.82) is 0 Å². The minimum Gasteiger partial charge on any atom is -0.356 e. The van der Waals surface area contributed by atoms with E-state index in [1.165, 1.54) is 12.1 Å². The van der Waals surface area contributed by atoms with Crippen LogP contribution in [0.2, 0.25) is 0 Å². The highest BCUT2D eigenvalue weighted by atomic mass is 19.1. The Hall–Kier alpha value is -2.24. The Labute approximate surface area is 135 Å². The second-order valence-corrected chi connectivity index (χ2v) is 6.06. The number of nitrogens with one attached hydrogen (secondary N) is 2. The van der Waals surface area contributed by atoms with E-state index in [4.69, 9.17) is 0 Å². The van der Waals surface area contributed by atoms with Gasteiger partial charge in [-0.1, -0.05) is 19.1 Å². The van der Waals surface area contributed by atoms with Crippen molar-refractivity contribution in [2.75, 3.05) is 6.54 Å². The van der Waals surface area contributed by atoms with E-state index in [0.29, 0.717) is 25.8 Å². The SMILES string of the molecule is CC1=NNC(=O)C1CCNC(=O)CC(C)Cc1cccc(F)c1. The Morgan fingerprint density at radius 3 is 2.91 bits per heavy atom. The number of hydrogen-bond donors (Lipinski definition) is 2. The average molecular weight is 319 g/mol. The molecule has 1 aliphatic rings. The molecule has 5 nitrogen and oxygen atoms in total. The first kappa shape index (κ1) is 17.1. The third-order valence-corrected chi connectivity index (χ3v) is 3.93. The number of carbonyl (C=O) groups excluding carboxylic acids is 2. The second kappa shape index (κ2) is 7.85. The zero-order valence-corrected chi connectivity index (χ0v) is 13.4. The lowest BCUT2D eigenvalue weighted by molar-refractivity contribution is -0.124. The van der Waals surface area contributed by atoms with Crippen LogP contribution in [0.4, 0.5) is 4.39 Å². The van der Waals surface area contributed by atoms with Crippen LogP contribution in [0.3, 0.4) is 0 Å². The topological polar surface area (TPSA) is 70.6 Å². The van der Waals surface area contributed by atoms with E-state index in [2.05, 4.69) is 15.8 Å². The predicted octanol–water partition coefficient (Wildman–Crippen LogP) is 2.02. The highest BCUT2D eigenvalue weighted by Crippen LogP contribution is 2.14. The molecule has 2 amide bonds. The molecule has 6 heteroatoms. The van der Waals surface area contributed by atoms with Gasteiger partial charge in [0.05, 0.1) is 5.92 Å². The molecule has 0 saturated heterocycles. The van der Waals surface area contributed by atoms with Crippen LogP contribution in [-0.2, 0) is 16.0 Å². The van der Waals surface area contributed by atoms with Crippen LogP contribution in [0.1, 0.15) is 32.3 Å². The highest BCUT2D eigenvalue weighted by Gasteiger charge is 2.26. The summed E-state index contributed by atoms with van der Waals surface area (Å²) in [6.07, 6.45) is 1.58. The van der Waals surface area contributed by atoms with Gasteiger partial charge in [0.2, 0.25) is 11.8 Å². The van der Waals surface area contributed by atoms with Gasteiger partial charge in [-0.25, -0.2) is 9.82 Å². The minimum atomic E-state index is -0.258. The molecule has 23 heavy (non-hydrogen) atoms. The van der Waals surface area contributed by atoms with Gasteiger partial charge in [-0.15, -0.1) is 0 Å². The molecule has 124 valence electrons. The van der Waals surface area contributed by atoms with Crippen molar-refractivity contribution in [3.05, 3.63) is 35.6 Å². The fraction of sp³-hybridized carbons (Fsp3) is 0.471. The Morgan fingerprint density at radius 1 is 1.48 bits per heavy atom. The summed E-state index contributed by atoms with van der Waals surface area (Å²) in [5, 5.41) is 6.70. The van der Waals surface area contributed by atoms with Gasteiger partial charge in [0.25, 0.3) is 0 Å². The first-order valence-electron chi connectivity index (χ1n) is 7.81. The summed E-state index contributed by atoms with van der Waals surface area (Å²) in [4.78, 5) is 23.4. The van der Waals surface area contributed by atoms with Gasteiger partial charge in [0.15, 0.2) is 0 Å². The number of hydrogen-bond acceptors (Lipinski definition) is 3. The lowest BCUT2D eigenvalue weighted by Gasteiger charge is -2.13. The van der Waals surface area contributed by atoms with Gasteiger partial charge in [-0.3, -0.25) is 9.59 Å². The third kappa shape index (κ3) is 5.16. The molecule has 1 aliphatic heterocycles. The van der Waals surface area contributed by atoms with Gasteiger partial charge in [0, 0.05) is 18.7 Å². The fourth-order valence-electron chi connectivity index (χ4n) is 2.71. The average Bonchev–Trinajstić information content (AvgIpc) is 2.78. The molecule has 0 bridgehead atoms. The molecule has 2 atom stereocenters. The molecule has 0 aliphatic carbocycles. The molecule has 0 radical (unpaired) electrons. The van der Waals surface area contributed by atoms with Crippen LogP contribution in [0.5, 0.6) is 0 Å². The number of benzene rings is 1. The molecule has 0 spiro atoms. The van der Waals surface area contributed by atoms with Gasteiger partial charge in [0.1, 0.15) is 5.82 Å². The fourth-order valence-corrected chi connectivity index (χ4v) is 2.71. The van der Waals surface area contributed by atoms with E-state index in [1.807, 2.05) is 13.0 Å². The summed E-state index contributed by atoms with van der Waals surface area (Å²) in [6.45, 7) is 4.20. The number of carbonyl (C=O) groups is 2. The van der Waals surface area contributed by atoms with Gasteiger partial charge in [-0.05, 0) is 43.4 Å². The Kier molecular flexibility index (Phi) is 5.84. The normalized spacial score (nSPS) is 18.3. The zero-order valence-electron chi connectivity index (χ0n) is 13.4. The Balaban J connectivity index is 1.70. The van der Waals surface area contributed by atoms with Crippen LogP contribution >= 0.6 is 0 Å². The summed E-state index contributed by atoms with van der Waals surface area (Å²) < 4.78 is 13.1. The maximum Gasteiger partial charge on any atom is 0.248 e. The standard InChI is InChI=1S/C17H22FN3O2/c1-11(8-13-4-3-5-14(18)10-13)9-16(22)19-7-6-15-12(2)20-21-17(15)23/h3-5,10-11,15H,6-9H2,1-2H3,(H,19,22)(H,21,23). The molecule has 2 rings (SSSR count). The number of nitrogens with zero attached hydrogens (tertiary/aromatic N) is 1. The van der Waals surface area contributed by atoms with Crippen molar-refractivity contribution in [3.63, 3.8) is 0 Å². The smallest absolute Gasteiger partial charge is 0.248 e. The summed E-state index contributed by atoms with van der Waals surface area (Å²) >= 11 is 0. The second-order valence-electron chi connectivity index (χ2n) is 6.06. The van der Waals surface area contributed by atoms with E-state index in [0.717, 1.165) is 11.3 Å². The maximum atomic E-state index is 13.1. The van der Waals surface area contributed by atoms with Crippen molar-refractivity contribution in [2.24, 2.45) is 16.9 Å². The molecule has 2 N–H and O–H groups in total. The van der Waals surface area contributed by atoms with Crippen LogP contribution < -0.4 is 10.7 Å². The van der Waals surface area contributed by atoms with E-state index < -0.39 is 0 Å². The van der Waals surface area contributed by atoms with Crippen molar-refractivity contribution in [2.45, 2.75) is 33.1 Å². The zero-order chi connectivity index (χ0) is 16.8. The molecule has 0 saturated carbocycles. The number of amides is 2. The van der Waals surface area contributed by atoms with E-state index >= 15 is 0 Å². The van der Waals surface area contributed by atoms with Gasteiger partial charge < -0.3 is 5.32 Å². The Morgan fingerprint density at radius 2 is 2.26 bits per heavy atom. The van der Waals surface area contributed by atoms with E-state index in [1.54, 1.807) is 13.0 Å². The van der Waals surface area contributed by atoms with Crippen LogP contribution in [0.15, 0.2) is 29.4 Å². The molecular weight excluding hydrogens is 297 g/mol. The first-order chi connectivity index (χ1) is 11.0. The van der Waals surface area contributed by atoms with Crippen molar-refractivity contribution < 1.29 is 14.0 Å². The molecule has 2 unspecified atom stereocenters. The van der Waals surface area contributed by atoms with E-state index in [9.17, 15) is 14.0 Å². The molecule has 0 aromatic heterocycles. The summed E-state index contributed by atoms with van der Waals surface area (Å²) in [5.41, 5.74) is 4.07. The molecular formula is C17H22FN3O2. The number of hydrazone groups is 1. The monoisotopic (exact) mass is 319 g/mol. The van der Waals surface area contributed by atoms with Crippen LogP contribution in [-0.4, -0.2) is 24.1 Å². The van der Waals surface area contributed by atoms with Crippen molar-refractivity contribution >= 4 is 17.5 Å². The Bertz CT molecular complexity index is 616. The lowest BCUT2D eigenvalue weighted by atomic mass is 9.97. The number of halogens is 1. The largest absolute Gasteiger partial charge is 0.356 e. The number of rotatable bonds is 7. The molecule has 1 heterocycles. The van der Waals surface area contributed by atoms with Crippen LogP contribution in [0, 0.1) is 17.7 Å². The summed E-state index contributed by atoms with van der Waals surface area (Å²) in [6, 6.07) is 6.44. The molecule has 0 fully saturated rings. The van der Waals surface area contributed by atoms with Crippen LogP contribution in [0.25, 0.3) is 0 Å². The summed E-state index contributed by atoms with van der Waals surface area (Å²) in [7, 11) is 0. The highest BCUT2D eigenvalue weighted by molar-refractivity contribution is 6.06. The third-order valence-electron chi connectivity index (χ3n) is 3.93. The molecule has 1 aromatic rings. The lowest BCUT2D eigenvalue weighted by Crippen LogP contribution is -2.31. The van der Waals surface area contributed by atoms with E-state index in [-0.39, 0.29) is 29.5 Å². The van der Waals surface area contributed by atoms with Gasteiger partial charge >= 0.3 is 0 Å². The predicted molar refractivity (Wildman–Crippen MR) is 86.3 cm³/mol. The quantitative estimate of drug-likeness (QED) is 0.807. The summed E-state index contributed by atoms with van der Waals surface area (Å²) in [5.74, 6) is -0.556. The molecule has 1 aromatic carbocycles.